The number of pyridine rings is 2. The molecule has 0 saturated heterocycles. The van der Waals surface area contributed by atoms with E-state index in [1.807, 2.05) is 53.9 Å². The van der Waals surface area contributed by atoms with Crippen molar-refractivity contribution in [3.8, 4) is 11.3 Å². The van der Waals surface area contributed by atoms with E-state index in [9.17, 15) is 4.79 Å². The van der Waals surface area contributed by atoms with Crippen LogP contribution in [0.15, 0.2) is 48.8 Å². The normalized spacial score (nSPS) is 10.8. The van der Waals surface area contributed by atoms with E-state index >= 15 is 0 Å². The smallest absolute Gasteiger partial charge is 0.176 e. The number of rotatable bonds is 2. The van der Waals surface area contributed by atoms with Crippen LogP contribution in [0.5, 0.6) is 0 Å². The fourth-order valence-corrected chi connectivity index (χ4v) is 2.42. The highest BCUT2D eigenvalue weighted by atomic mass is 16.1. The summed E-state index contributed by atoms with van der Waals surface area (Å²) in [5.74, 6) is 0.0581. The Labute approximate surface area is 111 Å². The molecule has 19 heavy (non-hydrogen) atoms. The molecule has 94 valence electrons. The van der Waals surface area contributed by atoms with Crippen molar-refractivity contribution in [2.75, 3.05) is 0 Å². The number of hydrogen-bond donors (Lipinski definition) is 0. The van der Waals surface area contributed by atoms with E-state index < -0.39 is 0 Å². The van der Waals surface area contributed by atoms with Crippen LogP contribution in [0, 0.1) is 6.92 Å². The SMILES string of the molecule is CC(=O)c1cc(-c2ccccn2)c2c(C)cccn12. The third-order valence-electron chi connectivity index (χ3n) is 3.29. The highest BCUT2D eigenvalue weighted by Gasteiger charge is 2.15. The van der Waals surface area contributed by atoms with Crippen LogP contribution in [-0.4, -0.2) is 15.2 Å². The number of fused-ring (bicyclic) bond motifs is 1. The molecule has 3 heteroatoms. The predicted molar refractivity (Wildman–Crippen MR) is 75.4 cm³/mol. The van der Waals surface area contributed by atoms with Crippen LogP contribution in [0.25, 0.3) is 16.8 Å². The third-order valence-corrected chi connectivity index (χ3v) is 3.29. The van der Waals surface area contributed by atoms with Gasteiger partial charge in [0.05, 0.1) is 16.9 Å². The lowest BCUT2D eigenvalue weighted by Gasteiger charge is -2.03. The van der Waals surface area contributed by atoms with Crippen LogP contribution in [0.4, 0.5) is 0 Å². The maximum Gasteiger partial charge on any atom is 0.176 e. The van der Waals surface area contributed by atoms with Crippen molar-refractivity contribution >= 4 is 11.3 Å². The molecule has 3 nitrogen and oxygen atoms in total. The fourth-order valence-electron chi connectivity index (χ4n) is 2.42. The maximum absolute atomic E-state index is 11.8. The van der Waals surface area contributed by atoms with Gasteiger partial charge < -0.3 is 4.40 Å². The van der Waals surface area contributed by atoms with E-state index in [1.165, 1.54) is 0 Å². The molecule has 0 unspecified atom stereocenters. The summed E-state index contributed by atoms with van der Waals surface area (Å²) < 4.78 is 1.95. The second-order valence-electron chi connectivity index (χ2n) is 4.62. The first kappa shape index (κ1) is 11.7. The summed E-state index contributed by atoms with van der Waals surface area (Å²) in [4.78, 5) is 16.2. The van der Waals surface area contributed by atoms with E-state index in [-0.39, 0.29) is 5.78 Å². The molecule has 3 rings (SSSR count). The summed E-state index contributed by atoms with van der Waals surface area (Å²) in [7, 11) is 0. The first-order valence-electron chi connectivity index (χ1n) is 6.21. The number of hydrogen-bond acceptors (Lipinski definition) is 2. The van der Waals surface area contributed by atoms with Crippen molar-refractivity contribution < 1.29 is 4.79 Å². The first-order chi connectivity index (χ1) is 9.18. The quantitative estimate of drug-likeness (QED) is 0.652. The molecule has 0 saturated carbocycles. The summed E-state index contributed by atoms with van der Waals surface area (Å²) in [5.41, 5.74) is 4.77. The lowest BCUT2D eigenvalue weighted by Crippen LogP contribution is -1.98. The molecule has 0 atom stereocenters. The molecule has 0 amide bonds. The van der Waals surface area contributed by atoms with Gasteiger partial charge >= 0.3 is 0 Å². The molecule has 0 aromatic carbocycles. The maximum atomic E-state index is 11.8. The Hall–Kier alpha value is -2.42. The molecular formula is C16H14N2O. The van der Waals surface area contributed by atoms with E-state index in [0.717, 1.165) is 22.3 Å². The number of ketones is 1. The van der Waals surface area contributed by atoms with E-state index in [1.54, 1.807) is 13.1 Å². The topological polar surface area (TPSA) is 34.4 Å². The number of carbonyl (C=O) groups excluding carboxylic acids is 1. The van der Waals surface area contributed by atoms with Gasteiger partial charge in [-0.25, -0.2) is 0 Å². The Kier molecular flexibility index (Phi) is 2.67. The Morgan fingerprint density at radius 1 is 1.21 bits per heavy atom. The summed E-state index contributed by atoms with van der Waals surface area (Å²) in [5, 5.41) is 0. The molecule has 0 spiro atoms. The van der Waals surface area contributed by atoms with Crippen molar-refractivity contribution in [3.63, 3.8) is 0 Å². The van der Waals surface area contributed by atoms with Gasteiger partial charge in [-0.1, -0.05) is 12.1 Å². The van der Waals surface area contributed by atoms with Gasteiger partial charge in [0.2, 0.25) is 0 Å². The minimum Gasteiger partial charge on any atom is -0.313 e. The van der Waals surface area contributed by atoms with Gasteiger partial charge in [-0.15, -0.1) is 0 Å². The van der Waals surface area contributed by atoms with Gasteiger partial charge in [-0.2, -0.15) is 0 Å². The Balaban J connectivity index is 2.40. The van der Waals surface area contributed by atoms with E-state index in [4.69, 9.17) is 0 Å². The molecule has 3 heterocycles. The van der Waals surface area contributed by atoms with E-state index in [2.05, 4.69) is 4.98 Å². The minimum absolute atomic E-state index is 0.0581. The van der Waals surface area contributed by atoms with Crippen molar-refractivity contribution in [2.45, 2.75) is 13.8 Å². The number of carbonyl (C=O) groups is 1. The zero-order valence-corrected chi connectivity index (χ0v) is 10.9. The lowest BCUT2D eigenvalue weighted by atomic mass is 10.1. The number of Topliss-reactive ketones (excluding diaryl/α,β-unsaturated/α-hetero) is 1. The average Bonchev–Trinajstić information content (AvgIpc) is 2.81. The predicted octanol–water partition coefficient (Wildman–Crippen LogP) is 3.51. The summed E-state index contributed by atoms with van der Waals surface area (Å²) in [6.07, 6.45) is 3.69. The van der Waals surface area contributed by atoms with Gasteiger partial charge in [0.1, 0.15) is 0 Å². The molecule has 0 aliphatic carbocycles. The monoisotopic (exact) mass is 250 g/mol. The van der Waals surface area contributed by atoms with Crippen molar-refractivity contribution in [2.24, 2.45) is 0 Å². The molecule has 0 radical (unpaired) electrons. The largest absolute Gasteiger partial charge is 0.313 e. The number of aromatic nitrogens is 2. The summed E-state index contributed by atoms with van der Waals surface area (Å²) in [6, 6.07) is 11.7. The van der Waals surface area contributed by atoms with Crippen LogP contribution in [-0.2, 0) is 0 Å². The average molecular weight is 250 g/mol. The Morgan fingerprint density at radius 3 is 2.74 bits per heavy atom. The molecule has 0 N–H and O–H groups in total. The second kappa shape index (κ2) is 4.35. The third kappa shape index (κ3) is 1.83. The van der Waals surface area contributed by atoms with Gasteiger partial charge in [-0.05, 0) is 36.8 Å². The summed E-state index contributed by atoms with van der Waals surface area (Å²) >= 11 is 0. The molecule has 3 aromatic rings. The second-order valence-corrected chi connectivity index (χ2v) is 4.62. The first-order valence-corrected chi connectivity index (χ1v) is 6.21. The Morgan fingerprint density at radius 2 is 2.05 bits per heavy atom. The zero-order valence-electron chi connectivity index (χ0n) is 10.9. The van der Waals surface area contributed by atoms with Gasteiger partial charge in [0.25, 0.3) is 0 Å². The highest BCUT2D eigenvalue weighted by molar-refractivity contribution is 5.98. The van der Waals surface area contributed by atoms with Crippen LogP contribution >= 0.6 is 0 Å². The highest BCUT2D eigenvalue weighted by Crippen LogP contribution is 2.29. The molecule has 0 bridgehead atoms. The molecular weight excluding hydrogens is 236 g/mol. The van der Waals surface area contributed by atoms with Gasteiger partial charge in [-0.3, -0.25) is 9.78 Å². The molecule has 0 fully saturated rings. The van der Waals surface area contributed by atoms with E-state index in [0.29, 0.717) is 5.69 Å². The minimum atomic E-state index is 0.0581. The molecule has 0 aliphatic heterocycles. The fraction of sp³-hybridized carbons (Fsp3) is 0.125. The molecule has 0 aliphatic rings. The zero-order chi connectivity index (χ0) is 13.4. The van der Waals surface area contributed by atoms with Crippen molar-refractivity contribution in [3.05, 3.63) is 60.0 Å². The van der Waals surface area contributed by atoms with Crippen LogP contribution < -0.4 is 0 Å². The van der Waals surface area contributed by atoms with Crippen LogP contribution in [0.1, 0.15) is 23.0 Å². The van der Waals surface area contributed by atoms with Crippen LogP contribution in [0.2, 0.25) is 0 Å². The van der Waals surface area contributed by atoms with Crippen molar-refractivity contribution in [1.29, 1.82) is 0 Å². The summed E-state index contributed by atoms with van der Waals surface area (Å²) in [6.45, 7) is 3.64. The van der Waals surface area contributed by atoms with Gasteiger partial charge in [0, 0.05) is 24.9 Å². The molecule has 3 aromatic heterocycles. The van der Waals surface area contributed by atoms with Crippen molar-refractivity contribution in [1.82, 2.24) is 9.38 Å². The van der Waals surface area contributed by atoms with Crippen LogP contribution in [0.3, 0.4) is 0 Å². The Bertz CT molecular complexity index is 757. The number of nitrogens with zero attached hydrogens (tertiary/aromatic N) is 2. The lowest BCUT2D eigenvalue weighted by molar-refractivity contribution is 0.101. The number of aryl methyl sites for hydroxylation is 1. The van der Waals surface area contributed by atoms with Gasteiger partial charge in [0.15, 0.2) is 5.78 Å². The standard InChI is InChI=1S/C16H14N2O/c1-11-6-5-9-18-15(12(2)19)10-13(16(11)18)14-7-3-4-8-17-14/h3-10H,1-2H3.